The summed E-state index contributed by atoms with van der Waals surface area (Å²) in [4.78, 5) is 4.26. The van der Waals surface area contributed by atoms with Crippen molar-refractivity contribution in [3.63, 3.8) is 0 Å². The smallest absolute Gasteiger partial charge is 0.0900 e. The van der Waals surface area contributed by atoms with Gasteiger partial charge >= 0.3 is 0 Å². The Kier molecular flexibility index (Phi) is 12.4. The van der Waals surface area contributed by atoms with Gasteiger partial charge in [-0.25, -0.2) is 0 Å². The van der Waals surface area contributed by atoms with Gasteiger partial charge in [-0.3, -0.25) is 9.80 Å². The number of hydrogen-bond donors (Lipinski definition) is 2. The Balaban J connectivity index is 1.95. The molecular weight excluding hydrogens is 356 g/mol. The molecule has 0 aliphatic carbocycles. The fraction of sp³-hybridized carbons (Fsp3) is 1.00. The average molecular weight is 392 g/mol. The highest BCUT2D eigenvalue weighted by molar-refractivity contribution is 4.67. The van der Waals surface area contributed by atoms with Crippen LogP contribution < -0.4 is 0 Å². The zero-order valence-corrected chi connectivity index (χ0v) is 16.3. The summed E-state index contributed by atoms with van der Waals surface area (Å²) < 4.78 is 28.0. The van der Waals surface area contributed by atoms with Gasteiger partial charge in [0.1, 0.15) is 0 Å². The molecule has 2 fully saturated rings. The van der Waals surface area contributed by atoms with Crippen molar-refractivity contribution in [2.24, 2.45) is 0 Å². The molecular formula is C18H36N2O7. The maximum absolute atomic E-state index is 10.2. The fourth-order valence-electron chi connectivity index (χ4n) is 3.05. The Bertz CT molecular complexity index is 333. The maximum Gasteiger partial charge on any atom is 0.0900 e. The molecule has 9 nitrogen and oxygen atoms in total. The Morgan fingerprint density at radius 2 is 0.815 bits per heavy atom. The second-order valence-corrected chi connectivity index (χ2v) is 6.90. The third kappa shape index (κ3) is 11.3. The van der Waals surface area contributed by atoms with Gasteiger partial charge < -0.3 is 33.9 Å². The van der Waals surface area contributed by atoms with Crippen LogP contribution in [-0.2, 0) is 23.7 Å². The van der Waals surface area contributed by atoms with E-state index in [-0.39, 0.29) is 13.2 Å². The van der Waals surface area contributed by atoms with E-state index in [9.17, 15) is 10.2 Å². The fourth-order valence-corrected chi connectivity index (χ4v) is 3.05. The molecule has 0 aromatic carbocycles. The van der Waals surface area contributed by atoms with E-state index in [1.165, 1.54) is 0 Å². The summed E-state index contributed by atoms with van der Waals surface area (Å²) in [5.74, 6) is 0. The summed E-state index contributed by atoms with van der Waals surface area (Å²) in [5.41, 5.74) is 0. The number of ether oxygens (including phenoxy) is 5. The van der Waals surface area contributed by atoms with E-state index >= 15 is 0 Å². The Labute approximate surface area is 162 Å². The van der Waals surface area contributed by atoms with Crippen molar-refractivity contribution in [2.45, 2.75) is 12.2 Å². The lowest BCUT2D eigenvalue weighted by atomic mass is 10.3. The first kappa shape index (κ1) is 22.9. The minimum Gasteiger partial charge on any atom is -0.389 e. The van der Waals surface area contributed by atoms with Crippen LogP contribution in [0, 0.1) is 0 Å². The van der Waals surface area contributed by atoms with Crippen LogP contribution in [0.15, 0.2) is 0 Å². The van der Waals surface area contributed by atoms with Crippen molar-refractivity contribution in [2.75, 3.05) is 105 Å². The summed E-state index contributed by atoms with van der Waals surface area (Å²) >= 11 is 0. The van der Waals surface area contributed by atoms with Crippen LogP contribution >= 0.6 is 0 Å². The van der Waals surface area contributed by atoms with Crippen LogP contribution in [-0.4, -0.2) is 138 Å². The molecule has 0 aromatic heterocycles. The molecule has 2 bridgehead atoms. The highest BCUT2D eigenvalue weighted by Gasteiger charge is 2.15. The first-order chi connectivity index (χ1) is 13.2. The predicted molar refractivity (Wildman–Crippen MR) is 99.0 cm³/mol. The van der Waals surface area contributed by atoms with Crippen LogP contribution in [0.2, 0.25) is 0 Å². The van der Waals surface area contributed by atoms with E-state index in [2.05, 4.69) is 9.80 Å². The Morgan fingerprint density at radius 1 is 0.481 bits per heavy atom. The van der Waals surface area contributed by atoms with Gasteiger partial charge in [0.2, 0.25) is 0 Å². The molecule has 0 aromatic rings. The van der Waals surface area contributed by atoms with Crippen LogP contribution in [0.4, 0.5) is 0 Å². The van der Waals surface area contributed by atoms with Gasteiger partial charge in [-0.2, -0.15) is 0 Å². The summed E-state index contributed by atoms with van der Waals surface area (Å²) in [5, 5.41) is 20.4. The second kappa shape index (κ2) is 14.6. The molecule has 2 saturated heterocycles. The summed E-state index contributed by atoms with van der Waals surface area (Å²) in [6.45, 7) is 8.66. The SMILES string of the molecule is OC1COCCOCC(O)CN2CCOCCOCCN(CCOCC2)C1. The molecule has 0 saturated carbocycles. The minimum absolute atomic E-state index is 0.256. The third-order valence-electron chi connectivity index (χ3n) is 4.51. The Morgan fingerprint density at radius 3 is 1.22 bits per heavy atom. The van der Waals surface area contributed by atoms with Crippen LogP contribution in [0.3, 0.4) is 0 Å². The quantitative estimate of drug-likeness (QED) is 0.474. The molecule has 2 aliphatic heterocycles. The lowest BCUT2D eigenvalue weighted by Crippen LogP contribution is -2.40. The van der Waals surface area contributed by atoms with Crippen LogP contribution in [0.25, 0.3) is 0 Å². The largest absolute Gasteiger partial charge is 0.389 e. The van der Waals surface area contributed by atoms with E-state index in [1.54, 1.807) is 0 Å². The lowest BCUT2D eigenvalue weighted by Gasteiger charge is -2.25. The summed E-state index contributed by atoms with van der Waals surface area (Å²) in [6, 6.07) is 0. The highest BCUT2D eigenvalue weighted by atomic mass is 16.5. The standard InChI is InChI=1S/C18H36N2O7/c21-17-13-19-1-5-23-6-2-20(4-8-25-10-9-24-7-3-19)14-18(22)16-27-12-11-26-15-17/h17-18,21-22H,1-16H2. The monoisotopic (exact) mass is 392 g/mol. The van der Waals surface area contributed by atoms with Crippen molar-refractivity contribution in [3.8, 4) is 0 Å². The van der Waals surface area contributed by atoms with Crippen LogP contribution in [0.1, 0.15) is 0 Å². The van der Waals surface area contributed by atoms with E-state index in [0.29, 0.717) is 65.9 Å². The maximum atomic E-state index is 10.2. The molecule has 4 atom stereocenters. The number of rotatable bonds is 0. The van der Waals surface area contributed by atoms with Crippen molar-refractivity contribution < 1.29 is 33.9 Å². The molecule has 2 N–H and O–H groups in total. The molecule has 0 spiro atoms. The van der Waals surface area contributed by atoms with Gasteiger partial charge in [0.05, 0.1) is 78.3 Å². The highest BCUT2D eigenvalue weighted by Crippen LogP contribution is 2.00. The van der Waals surface area contributed by atoms with Crippen molar-refractivity contribution in [1.82, 2.24) is 9.80 Å². The second-order valence-electron chi connectivity index (χ2n) is 6.90. The molecule has 2 heterocycles. The molecule has 27 heavy (non-hydrogen) atoms. The van der Waals surface area contributed by atoms with Gasteiger partial charge in [-0.1, -0.05) is 0 Å². The van der Waals surface area contributed by atoms with Crippen LogP contribution in [0.5, 0.6) is 0 Å². The molecule has 2 aliphatic rings. The van der Waals surface area contributed by atoms with E-state index in [1.807, 2.05) is 0 Å². The normalized spacial score (nSPS) is 34.9. The van der Waals surface area contributed by atoms with Crippen molar-refractivity contribution in [1.29, 1.82) is 0 Å². The third-order valence-corrected chi connectivity index (χ3v) is 4.51. The molecule has 9 heteroatoms. The number of aliphatic hydroxyl groups is 2. The molecule has 0 radical (unpaired) electrons. The first-order valence-electron chi connectivity index (χ1n) is 9.93. The van der Waals surface area contributed by atoms with E-state index in [0.717, 1.165) is 26.2 Å². The van der Waals surface area contributed by atoms with Gasteiger partial charge in [-0.15, -0.1) is 0 Å². The molecule has 4 unspecified atom stereocenters. The minimum atomic E-state index is -0.577. The predicted octanol–water partition coefficient (Wildman–Crippen LogP) is -1.58. The summed E-state index contributed by atoms with van der Waals surface area (Å²) in [7, 11) is 0. The topological polar surface area (TPSA) is 93.1 Å². The Hall–Kier alpha value is -0.360. The first-order valence-corrected chi connectivity index (χ1v) is 9.93. The van der Waals surface area contributed by atoms with Gasteiger partial charge in [0.15, 0.2) is 0 Å². The van der Waals surface area contributed by atoms with Gasteiger partial charge in [-0.05, 0) is 0 Å². The zero-order chi connectivity index (χ0) is 19.2. The van der Waals surface area contributed by atoms with E-state index < -0.39 is 12.2 Å². The molecule has 2 rings (SSSR count). The number of aliphatic hydroxyl groups excluding tert-OH is 2. The van der Waals surface area contributed by atoms with Gasteiger partial charge in [0.25, 0.3) is 0 Å². The average Bonchev–Trinajstić information content (AvgIpc) is 2.65. The lowest BCUT2D eigenvalue weighted by molar-refractivity contribution is -0.0329. The number of fused-ring (bicyclic) bond motifs is 6. The van der Waals surface area contributed by atoms with Crippen molar-refractivity contribution in [3.05, 3.63) is 0 Å². The van der Waals surface area contributed by atoms with Crippen molar-refractivity contribution >= 4 is 0 Å². The van der Waals surface area contributed by atoms with E-state index in [4.69, 9.17) is 23.7 Å². The molecule has 0 amide bonds. The number of hydrogen-bond acceptors (Lipinski definition) is 9. The zero-order valence-electron chi connectivity index (χ0n) is 16.3. The summed E-state index contributed by atoms with van der Waals surface area (Å²) in [6.07, 6.45) is -1.15. The number of nitrogens with zero attached hydrogens (tertiary/aromatic N) is 2. The molecule has 160 valence electrons. The van der Waals surface area contributed by atoms with Gasteiger partial charge in [0, 0.05) is 39.3 Å².